The van der Waals surface area contributed by atoms with E-state index < -0.39 is 0 Å². The van der Waals surface area contributed by atoms with Gasteiger partial charge in [-0.2, -0.15) is 5.10 Å². The standard InChI is InChI=1S/C9H11ClN4/c1-13-8(2-3-12-13)6-14-7-11-5-9(14)4-10/h2-3,5,7H,4,6H2,1H3. The van der Waals surface area contributed by atoms with Crippen LogP contribution in [0.1, 0.15) is 11.4 Å². The minimum absolute atomic E-state index is 0.484. The topological polar surface area (TPSA) is 35.6 Å². The van der Waals surface area contributed by atoms with Gasteiger partial charge in [0.25, 0.3) is 0 Å². The van der Waals surface area contributed by atoms with Crippen LogP contribution in [0.25, 0.3) is 0 Å². The molecule has 2 rings (SSSR count). The van der Waals surface area contributed by atoms with E-state index in [1.54, 1.807) is 18.7 Å². The summed E-state index contributed by atoms with van der Waals surface area (Å²) in [7, 11) is 1.92. The average Bonchev–Trinajstić information content (AvgIpc) is 2.77. The van der Waals surface area contributed by atoms with Gasteiger partial charge in [-0.25, -0.2) is 4.98 Å². The Morgan fingerprint density at radius 3 is 2.93 bits per heavy atom. The quantitative estimate of drug-likeness (QED) is 0.718. The number of nitrogens with zero attached hydrogens (tertiary/aromatic N) is 4. The molecule has 0 saturated carbocycles. The molecule has 5 heteroatoms. The van der Waals surface area contributed by atoms with Gasteiger partial charge >= 0.3 is 0 Å². The third kappa shape index (κ3) is 1.65. The molecule has 0 saturated heterocycles. The second kappa shape index (κ2) is 3.84. The number of hydrogen-bond acceptors (Lipinski definition) is 2. The van der Waals surface area contributed by atoms with Crippen LogP contribution in [0.15, 0.2) is 24.8 Å². The van der Waals surface area contributed by atoms with Crippen LogP contribution in [0.5, 0.6) is 0 Å². The van der Waals surface area contributed by atoms with Crippen molar-refractivity contribution in [3.05, 3.63) is 36.2 Å². The fraction of sp³-hybridized carbons (Fsp3) is 0.333. The molecule has 0 bridgehead atoms. The van der Waals surface area contributed by atoms with E-state index in [1.165, 1.54) is 0 Å². The molecule has 0 N–H and O–H groups in total. The smallest absolute Gasteiger partial charge is 0.0952 e. The predicted octanol–water partition coefficient (Wildman–Crippen LogP) is 1.40. The van der Waals surface area contributed by atoms with Gasteiger partial charge in [0.05, 0.1) is 30.1 Å². The summed E-state index contributed by atoms with van der Waals surface area (Å²) in [6.07, 6.45) is 5.35. The van der Waals surface area contributed by atoms with Crippen LogP contribution in [-0.4, -0.2) is 19.3 Å². The number of aromatic nitrogens is 4. The average molecular weight is 211 g/mol. The molecule has 0 aliphatic rings. The number of halogens is 1. The van der Waals surface area contributed by atoms with E-state index in [0.717, 1.165) is 17.9 Å². The van der Waals surface area contributed by atoms with Crippen molar-refractivity contribution in [3.63, 3.8) is 0 Å². The maximum absolute atomic E-state index is 5.77. The van der Waals surface area contributed by atoms with Gasteiger partial charge in [0.15, 0.2) is 0 Å². The molecule has 4 nitrogen and oxygen atoms in total. The van der Waals surface area contributed by atoms with Gasteiger partial charge in [-0.3, -0.25) is 4.68 Å². The Morgan fingerprint density at radius 2 is 2.29 bits per heavy atom. The molecular weight excluding hydrogens is 200 g/mol. The van der Waals surface area contributed by atoms with Crippen molar-refractivity contribution in [2.75, 3.05) is 0 Å². The molecule has 0 fully saturated rings. The summed E-state index contributed by atoms with van der Waals surface area (Å²) in [6, 6.07) is 1.98. The maximum Gasteiger partial charge on any atom is 0.0952 e. The van der Waals surface area contributed by atoms with Crippen molar-refractivity contribution >= 4 is 11.6 Å². The lowest BCUT2D eigenvalue weighted by Gasteiger charge is -2.05. The Morgan fingerprint density at radius 1 is 1.43 bits per heavy atom. The van der Waals surface area contributed by atoms with Gasteiger partial charge in [-0.15, -0.1) is 11.6 Å². The molecule has 0 amide bonds. The van der Waals surface area contributed by atoms with E-state index in [0.29, 0.717) is 5.88 Å². The minimum Gasteiger partial charge on any atom is -0.327 e. The van der Waals surface area contributed by atoms with Crippen LogP contribution in [0, 0.1) is 0 Å². The molecule has 0 aliphatic carbocycles. The molecule has 0 radical (unpaired) electrons. The zero-order valence-electron chi connectivity index (χ0n) is 7.89. The fourth-order valence-corrected chi connectivity index (χ4v) is 1.56. The van der Waals surface area contributed by atoms with E-state index in [1.807, 2.05) is 22.4 Å². The Kier molecular flexibility index (Phi) is 2.54. The Labute approximate surface area is 87.1 Å². The second-order valence-corrected chi connectivity index (χ2v) is 3.36. The maximum atomic E-state index is 5.77. The van der Waals surface area contributed by atoms with Crippen LogP contribution < -0.4 is 0 Å². The third-order valence-electron chi connectivity index (χ3n) is 2.19. The molecule has 0 aromatic carbocycles. The van der Waals surface area contributed by atoms with Gasteiger partial charge in [0.1, 0.15) is 0 Å². The number of imidazole rings is 1. The molecule has 0 atom stereocenters. The van der Waals surface area contributed by atoms with Crippen molar-refractivity contribution in [1.82, 2.24) is 19.3 Å². The van der Waals surface area contributed by atoms with Crippen molar-refractivity contribution < 1.29 is 0 Å². The highest BCUT2D eigenvalue weighted by molar-refractivity contribution is 6.16. The van der Waals surface area contributed by atoms with Crippen LogP contribution in [0.2, 0.25) is 0 Å². The van der Waals surface area contributed by atoms with Gasteiger partial charge in [-0.1, -0.05) is 0 Å². The lowest BCUT2D eigenvalue weighted by molar-refractivity contribution is 0.656. The SMILES string of the molecule is Cn1nccc1Cn1cncc1CCl. The van der Waals surface area contributed by atoms with E-state index in [4.69, 9.17) is 11.6 Å². The summed E-state index contributed by atoms with van der Waals surface area (Å²) in [5, 5.41) is 4.10. The van der Waals surface area contributed by atoms with Gasteiger partial charge in [0, 0.05) is 19.4 Å². The first-order chi connectivity index (χ1) is 6.81. The third-order valence-corrected chi connectivity index (χ3v) is 2.46. The Hall–Kier alpha value is -1.29. The number of alkyl halides is 1. The first kappa shape index (κ1) is 9.27. The lowest BCUT2D eigenvalue weighted by atomic mass is 10.4. The van der Waals surface area contributed by atoms with Crippen molar-refractivity contribution in [3.8, 4) is 0 Å². The van der Waals surface area contributed by atoms with Crippen molar-refractivity contribution in [1.29, 1.82) is 0 Å². The van der Waals surface area contributed by atoms with E-state index in [-0.39, 0.29) is 0 Å². The summed E-state index contributed by atoms with van der Waals surface area (Å²) in [4.78, 5) is 4.05. The summed E-state index contributed by atoms with van der Waals surface area (Å²) in [5.41, 5.74) is 2.15. The highest BCUT2D eigenvalue weighted by Gasteiger charge is 2.03. The molecule has 2 aromatic heterocycles. The molecule has 14 heavy (non-hydrogen) atoms. The van der Waals surface area contributed by atoms with Crippen LogP contribution >= 0.6 is 11.6 Å². The fourth-order valence-electron chi connectivity index (χ4n) is 1.33. The van der Waals surface area contributed by atoms with Gasteiger partial charge < -0.3 is 4.57 Å². The number of hydrogen-bond donors (Lipinski definition) is 0. The highest BCUT2D eigenvalue weighted by atomic mass is 35.5. The molecule has 0 unspecified atom stereocenters. The highest BCUT2D eigenvalue weighted by Crippen LogP contribution is 2.07. The second-order valence-electron chi connectivity index (χ2n) is 3.09. The van der Waals surface area contributed by atoms with Crippen LogP contribution in [0.4, 0.5) is 0 Å². The molecule has 2 heterocycles. The normalized spacial score (nSPS) is 10.7. The first-order valence-electron chi connectivity index (χ1n) is 4.33. The lowest BCUT2D eigenvalue weighted by Crippen LogP contribution is -2.06. The molecule has 74 valence electrons. The van der Waals surface area contributed by atoms with Gasteiger partial charge in [-0.05, 0) is 6.07 Å². The van der Waals surface area contributed by atoms with Crippen LogP contribution in [0.3, 0.4) is 0 Å². The first-order valence-corrected chi connectivity index (χ1v) is 4.86. The Balaban J connectivity index is 2.22. The number of rotatable bonds is 3. The van der Waals surface area contributed by atoms with E-state index in [2.05, 4.69) is 10.1 Å². The summed E-state index contributed by atoms with van der Waals surface area (Å²) in [6.45, 7) is 0.762. The molecule has 0 spiro atoms. The van der Waals surface area contributed by atoms with Crippen molar-refractivity contribution in [2.45, 2.75) is 12.4 Å². The van der Waals surface area contributed by atoms with Crippen LogP contribution in [-0.2, 0) is 19.5 Å². The zero-order valence-corrected chi connectivity index (χ0v) is 8.65. The van der Waals surface area contributed by atoms with Gasteiger partial charge in [0.2, 0.25) is 0 Å². The minimum atomic E-state index is 0.484. The largest absolute Gasteiger partial charge is 0.327 e. The summed E-state index contributed by atoms with van der Waals surface area (Å²) >= 11 is 5.77. The van der Waals surface area contributed by atoms with E-state index in [9.17, 15) is 0 Å². The zero-order chi connectivity index (χ0) is 9.97. The molecule has 0 aliphatic heterocycles. The Bertz CT molecular complexity index is 418. The number of aryl methyl sites for hydroxylation is 1. The molecule has 2 aromatic rings. The van der Waals surface area contributed by atoms with E-state index >= 15 is 0 Å². The predicted molar refractivity (Wildman–Crippen MR) is 54.1 cm³/mol. The summed E-state index contributed by atoms with van der Waals surface area (Å²) < 4.78 is 3.86. The monoisotopic (exact) mass is 210 g/mol. The summed E-state index contributed by atoms with van der Waals surface area (Å²) in [5.74, 6) is 0.484. The van der Waals surface area contributed by atoms with Crippen molar-refractivity contribution in [2.24, 2.45) is 7.05 Å². The molecular formula is C9H11ClN4.